The Morgan fingerprint density at radius 1 is 1.41 bits per heavy atom. The summed E-state index contributed by atoms with van der Waals surface area (Å²) in [4.78, 5) is 14.9. The first kappa shape index (κ1) is 9.59. The number of aromatic carboxylic acids is 1. The Bertz CT molecular complexity index is 699. The molecule has 3 heterocycles. The van der Waals surface area contributed by atoms with Crippen LogP contribution in [0.25, 0.3) is 17.0 Å². The fourth-order valence-corrected chi connectivity index (χ4v) is 1.62. The van der Waals surface area contributed by atoms with Crippen LogP contribution < -0.4 is 0 Å². The average Bonchev–Trinajstić information content (AvgIpc) is 2.95. The highest BCUT2D eigenvalue weighted by atomic mass is 16.5. The van der Waals surface area contributed by atoms with E-state index in [0.29, 0.717) is 11.4 Å². The van der Waals surface area contributed by atoms with Crippen molar-refractivity contribution in [2.24, 2.45) is 0 Å². The zero-order chi connectivity index (χ0) is 11.8. The highest BCUT2D eigenvalue weighted by Gasteiger charge is 2.14. The molecule has 0 aliphatic carbocycles. The van der Waals surface area contributed by atoms with Crippen LogP contribution in [0.4, 0.5) is 0 Å². The summed E-state index contributed by atoms with van der Waals surface area (Å²) in [6.07, 6.45) is 3.45. The van der Waals surface area contributed by atoms with Crippen molar-refractivity contribution in [3.63, 3.8) is 0 Å². The van der Waals surface area contributed by atoms with E-state index < -0.39 is 5.97 Å². The number of pyridine rings is 1. The second-order valence-electron chi connectivity index (χ2n) is 3.45. The van der Waals surface area contributed by atoms with Gasteiger partial charge in [-0.15, -0.1) is 0 Å². The van der Waals surface area contributed by atoms with Crippen LogP contribution in [-0.2, 0) is 0 Å². The van der Waals surface area contributed by atoms with E-state index in [2.05, 4.69) is 10.1 Å². The van der Waals surface area contributed by atoms with E-state index in [1.165, 1.54) is 6.07 Å². The molecule has 84 valence electrons. The maximum atomic E-state index is 10.7. The molecule has 0 aromatic carbocycles. The fraction of sp³-hybridized carbons (Fsp3) is 0. The van der Waals surface area contributed by atoms with E-state index in [9.17, 15) is 4.79 Å². The molecule has 6 nitrogen and oxygen atoms in total. The summed E-state index contributed by atoms with van der Waals surface area (Å²) in [5, 5.41) is 12.5. The van der Waals surface area contributed by atoms with Gasteiger partial charge in [-0.05, 0) is 12.1 Å². The molecule has 0 radical (unpaired) electrons. The molecule has 0 saturated carbocycles. The summed E-state index contributed by atoms with van der Waals surface area (Å²) in [6, 6.07) is 6.95. The molecular formula is C11H7N3O3. The van der Waals surface area contributed by atoms with Crippen LogP contribution in [0, 0.1) is 0 Å². The van der Waals surface area contributed by atoms with Crippen LogP contribution in [0.5, 0.6) is 0 Å². The molecule has 3 rings (SSSR count). The molecular weight excluding hydrogens is 222 g/mol. The number of nitrogens with zero attached hydrogens (tertiary/aromatic N) is 3. The molecule has 17 heavy (non-hydrogen) atoms. The third kappa shape index (κ3) is 1.46. The third-order valence-electron chi connectivity index (χ3n) is 2.40. The first-order chi connectivity index (χ1) is 8.25. The van der Waals surface area contributed by atoms with Crippen molar-refractivity contribution >= 4 is 11.6 Å². The first-order valence-electron chi connectivity index (χ1n) is 4.88. The number of carboxylic acid groups (broad SMARTS) is 1. The van der Waals surface area contributed by atoms with Gasteiger partial charge in [-0.2, -0.15) is 0 Å². The van der Waals surface area contributed by atoms with Crippen LogP contribution in [0.2, 0.25) is 0 Å². The number of hydrogen-bond acceptors (Lipinski definition) is 4. The van der Waals surface area contributed by atoms with Crippen molar-refractivity contribution in [3.8, 4) is 11.4 Å². The largest absolute Gasteiger partial charge is 0.475 e. The number of rotatable bonds is 2. The van der Waals surface area contributed by atoms with Gasteiger partial charge in [0.15, 0.2) is 0 Å². The minimum Gasteiger partial charge on any atom is -0.475 e. The standard InChI is InChI=1S/C11H7N3O3/c15-11(16)9-5-7(13-17-9)8-6-12-10-3-1-2-4-14(8)10/h1-6H,(H,15,16). The number of hydrogen-bond donors (Lipinski definition) is 1. The van der Waals surface area contributed by atoms with Crippen molar-refractivity contribution in [1.82, 2.24) is 14.5 Å². The average molecular weight is 229 g/mol. The van der Waals surface area contributed by atoms with Crippen molar-refractivity contribution in [1.29, 1.82) is 0 Å². The quantitative estimate of drug-likeness (QED) is 0.723. The molecule has 0 aliphatic heterocycles. The smallest absolute Gasteiger partial charge is 0.374 e. The topological polar surface area (TPSA) is 80.6 Å². The highest BCUT2D eigenvalue weighted by Crippen LogP contribution is 2.20. The van der Waals surface area contributed by atoms with E-state index in [4.69, 9.17) is 9.63 Å². The van der Waals surface area contributed by atoms with Crippen molar-refractivity contribution in [2.45, 2.75) is 0 Å². The SMILES string of the molecule is O=C(O)c1cc(-c2cnc3ccccn23)no1. The van der Waals surface area contributed by atoms with Gasteiger partial charge in [-0.3, -0.25) is 4.40 Å². The molecule has 1 N–H and O–H groups in total. The van der Waals surface area contributed by atoms with Gasteiger partial charge in [0, 0.05) is 12.3 Å². The van der Waals surface area contributed by atoms with Crippen LogP contribution in [-0.4, -0.2) is 25.6 Å². The molecule has 0 atom stereocenters. The van der Waals surface area contributed by atoms with E-state index in [-0.39, 0.29) is 5.76 Å². The summed E-state index contributed by atoms with van der Waals surface area (Å²) in [5.41, 5.74) is 1.90. The van der Waals surface area contributed by atoms with Gasteiger partial charge in [0.2, 0.25) is 5.76 Å². The molecule has 0 unspecified atom stereocenters. The second-order valence-corrected chi connectivity index (χ2v) is 3.45. The lowest BCUT2D eigenvalue weighted by Crippen LogP contribution is -1.91. The molecule has 0 aliphatic rings. The molecule has 6 heteroatoms. The Morgan fingerprint density at radius 2 is 2.29 bits per heavy atom. The van der Waals surface area contributed by atoms with Crippen LogP contribution in [0.3, 0.4) is 0 Å². The number of carbonyl (C=O) groups is 1. The zero-order valence-corrected chi connectivity index (χ0v) is 8.57. The Hall–Kier alpha value is -2.63. The Morgan fingerprint density at radius 3 is 3.06 bits per heavy atom. The Labute approximate surface area is 95.1 Å². The van der Waals surface area contributed by atoms with Gasteiger partial charge in [0.1, 0.15) is 11.3 Å². The van der Waals surface area contributed by atoms with E-state index in [0.717, 1.165) is 5.65 Å². The van der Waals surface area contributed by atoms with Crippen LogP contribution in [0.1, 0.15) is 10.6 Å². The molecule has 0 bridgehead atoms. The summed E-state index contributed by atoms with van der Waals surface area (Å²) < 4.78 is 6.52. The Kier molecular flexibility index (Phi) is 1.94. The van der Waals surface area contributed by atoms with Crippen LogP contribution >= 0.6 is 0 Å². The van der Waals surface area contributed by atoms with Gasteiger partial charge >= 0.3 is 5.97 Å². The van der Waals surface area contributed by atoms with E-state index in [1.54, 1.807) is 6.20 Å². The molecule has 0 fully saturated rings. The van der Waals surface area contributed by atoms with Crippen molar-refractivity contribution in [3.05, 3.63) is 42.4 Å². The van der Waals surface area contributed by atoms with Crippen LogP contribution in [0.15, 0.2) is 41.2 Å². The van der Waals surface area contributed by atoms with Gasteiger partial charge in [0.05, 0.1) is 11.9 Å². The molecule has 3 aromatic rings. The van der Waals surface area contributed by atoms with Gasteiger partial charge in [-0.1, -0.05) is 11.2 Å². The normalized spacial score (nSPS) is 10.8. The lowest BCUT2D eigenvalue weighted by Gasteiger charge is -1.95. The number of imidazole rings is 1. The monoisotopic (exact) mass is 229 g/mol. The molecule has 0 saturated heterocycles. The van der Waals surface area contributed by atoms with Gasteiger partial charge in [-0.25, -0.2) is 9.78 Å². The van der Waals surface area contributed by atoms with E-state index >= 15 is 0 Å². The number of carboxylic acids is 1. The molecule has 0 amide bonds. The molecule has 0 spiro atoms. The number of fused-ring (bicyclic) bond motifs is 1. The van der Waals surface area contributed by atoms with Gasteiger partial charge in [0.25, 0.3) is 0 Å². The van der Waals surface area contributed by atoms with E-state index in [1.807, 2.05) is 28.8 Å². The number of aromatic nitrogens is 3. The van der Waals surface area contributed by atoms with Gasteiger partial charge < -0.3 is 9.63 Å². The first-order valence-corrected chi connectivity index (χ1v) is 4.88. The predicted molar refractivity (Wildman–Crippen MR) is 57.6 cm³/mol. The Balaban J connectivity index is 2.17. The maximum Gasteiger partial charge on any atom is 0.374 e. The third-order valence-corrected chi connectivity index (χ3v) is 2.40. The summed E-state index contributed by atoms with van der Waals surface area (Å²) in [5.74, 6) is -1.33. The maximum absolute atomic E-state index is 10.7. The lowest BCUT2D eigenvalue weighted by atomic mass is 10.3. The summed E-state index contributed by atoms with van der Waals surface area (Å²) in [7, 11) is 0. The predicted octanol–water partition coefficient (Wildman–Crippen LogP) is 1.69. The zero-order valence-electron chi connectivity index (χ0n) is 8.57. The fourth-order valence-electron chi connectivity index (χ4n) is 1.62. The minimum atomic E-state index is -1.14. The lowest BCUT2D eigenvalue weighted by molar-refractivity contribution is 0.0652. The van der Waals surface area contributed by atoms with Crippen molar-refractivity contribution in [2.75, 3.05) is 0 Å². The van der Waals surface area contributed by atoms with Crippen molar-refractivity contribution < 1.29 is 14.4 Å². The summed E-state index contributed by atoms with van der Waals surface area (Å²) >= 11 is 0. The highest BCUT2D eigenvalue weighted by molar-refractivity contribution is 5.85. The second kappa shape index (κ2) is 3.44. The molecule has 3 aromatic heterocycles. The minimum absolute atomic E-state index is 0.189. The summed E-state index contributed by atoms with van der Waals surface area (Å²) in [6.45, 7) is 0.